The van der Waals surface area contributed by atoms with Crippen molar-refractivity contribution in [3.05, 3.63) is 106 Å². The lowest BCUT2D eigenvalue weighted by Gasteiger charge is -2.34. The van der Waals surface area contributed by atoms with Gasteiger partial charge in [0.25, 0.3) is 0 Å². The lowest BCUT2D eigenvalue weighted by molar-refractivity contribution is -0.148. The van der Waals surface area contributed by atoms with Crippen LogP contribution in [0, 0.1) is 17.8 Å². The molecule has 2 saturated heterocycles. The highest BCUT2D eigenvalue weighted by molar-refractivity contribution is 6.30. The maximum atomic E-state index is 15.2. The smallest absolute Gasteiger partial charge is 0.245 e. The molecule has 0 aromatic heterocycles. The first-order valence-electron chi connectivity index (χ1n) is 32.1. The van der Waals surface area contributed by atoms with Crippen LogP contribution in [0.4, 0.5) is 0 Å². The maximum absolute atomic E-state index is 15.2. The third-order valence-electron chi connectivity index (χ3n) is 17.4. The highest BCUT2D eigenvalue weighted by Gasteiger charge is 2.40. The van der Waals surface area contributed by atoms with Crippen molar-refractivity contribution in [2.75, 3.05) is 75.0 Å². The number of carbonyl (C=O) groups excluding carboxylic acids is 12. The summed E-state index contributed by atoms with van der Waals surface area (Å²) in [5.41, 5.74) is 1.77. The van der Waals surface area contributed by atoms with E-state index in [0.717, 1.165) is 24.5 Å². The molecule has 2 aliphatic rings. The third kappa shape index (κ3) is 22.3. The fourth-order valence-corrected chi connectivity index (χ4v) is 11.6. The molecular formula is C68H96Cl2N12O12. The van der Waals surface area contributed by atoms with E-state index in [1.165, 1.54) is 59.0 Å². The Kier molecular flexibility index (Phi) is 29.3. The first-order valence-corrected chi connectivity index (χ1v) is 32.9. The van der Waals surface area contributed by atoms with Gasteiger partial charge in [0, 0.05) is 84.7 Å². The normalized spacial score (nSPS) is 23.9. The number of halogens is 2. The minimum absolute atomic E-state index is 0.0511. The minimum Gasteiger partial charge on any atom is -0.342 e. The number of likely N-dealkylation sites (tertiary alicyclic amines) is 1. The molecule has 5 N–H and O–H groups in total. The molecule has 2 aliphatic heterocycles. The van der Waals surface area contributed by atoms with Crippen molar-refractivity contribution >= 4 is 94.1 Å². The second kappa shape index (κ2) is 36.0. The second-order valence-electron chi connectivity index (χ2n) is 25.8. The predicted molar refractivity (Wildman–Crippen MR) is 357 cm³/mol. The SMILES string of the molecule is CC[C@H](C)[C@@H]1NC(=O)[C@H](C)N(C)C(=O)CC(C(=O)N2CCCC2)NC(=O)[C@H](CC(C)C)NC(=O)[C@H](Cc2ccccc2)N(C)C(=O)[C@H](CC(C)C)NC(=O)[C@H](Cc2cccc(Cl)c2)NC(=O)CN(C)C(=O)[C@H](Cc2ccc(Cl)cc2)N(C)C(=O)CN(C)C(=O)CN(C)C1=O. The fraction of sp³-hybridized carbons (Fsp3) is 0.559. The van der Waals surface area contributed by atoms with Crippen LogP contribution in [-0.4, -0.2) is 229 Å². The van der Waals surface area contributed by atoms with Gasteiger partial charge < -0.3 is 60.9 Å². The topological polar surface area (TPSA) is 288 Å². The third-order valence-corrected chi connectivity index (χ3v) is 17.9. The minimum atomic E-state index is -1.46. The van der Waals surface area contributed by atoms with Crippen LogP contribution >= 0.6 is 23.2 Å². The molecule has 0 saturated carbocycles. The van der Waals surface area contributed by atoms with Gasteiger partial charge in [-0.15, -0.1) is 0 Å². The Balaban J connectivity index is 1.61. The first kappa shape index (κ1) is 76.6. The van der Waals surface area contributed by atoms with Gasteiger partial charge >= 0.3 is 0 Å². The van der Waals surface area contributed by atoms with Crippen molar-refractivity contribution < 1.29 is 57.5 Å². The lowest BCUT2D eigenvalue weighted by atomic mass is 9.97. The highest BCUT2D eigenvalue weighted by Crippen LogP contribution is 2.21. The van der Waals surface area contributed by atoms with Gasteiger partial charge in [0.1, 0.15) is 48.3 Å². The molecule has 0 spiro atoms. The van der Waals surface area contributed by atoms with Crippen LogP contribution in [0.3, 0.4) is 0 Å². The summed E-state index contributed by atoms with van der Waals surface area (Å²) in [7, 11) is 8.22. The zero-order valence-corrected chi connectivity index (χ0v) is 58.1. The van der Waals surface area contributed by atoms with E-state index in [1.54, 1.807) is 85.8 Å². The molecule has 0 aliphatic carbocycles. The van der Waals surface area contributed by atoms with Gasteiger partial charge in [-0.05, 0) is 91.3 Å². The average molecular weight is 1340 g/mol. The fourth-order valence-electron chi connectivity index (χ4n) is 11.2. The number of nitrogens with one attached hydrogen (secondary N) is 5. The summed E-state index contributed by atoms with van der Waals surface area (Å²) in [6, 6.07) is 11.6. The van der Waals surface area contributed by atoms with Crippen LogP contribution in [0.15, 0.2) is 78.9 Å². The van der Waals surface area contributed by atoms with Crippen molar-refractivity contribution in [3.8, 4) is 0 Å². The molecule has 9 atom stereocenters. The summed E-state index contributed by atoms with van der Waals surface area (Å²) in [6.07, 6.45) is 1.02. The van der Waals surface area contributed by atoms with E-state index < -0.39 is 151 Å². The molecular weight excluding hydrogens is 1250 g/mol. The van der Waals surface area contributed by atoms with Crippen LogP contribution in [0.5, 0.6) is 0 Å². The number of nitrogens with zero attached hydrogens (tertiary/aromatic N) is 7. The zero-order valence-electron chi connectivity index (χ0n) is 56.5. The van der Waals surface area contributed by atoms with E-state index in [-0.39, 0.29) is 43.9 Å². The molecule has 2 fully saturated rings. The van der Waals surface area contributed by atoms with E-state index in [0.29, 0.717) is 59.1 Å². The first-order chi connectivity index (χ1) is 44.3. The molecule has 3 aromatic rings. The van der Waals surface area contributed by atoms with Crippen molar-refractivity contribution in [1.29, 1.82) is 0 Å². The van der Waals surface area contributed by atoms with Crippen LogP contribution in [0.1, 0.15) is 104 Å². The maximum Gasteiger partial charge on any atom is 0.245 e. The molecule has 3 aromatic carbocycles. The Hall–Kier alpha value is -8.12. The Morgan fingerprint density at radius 2 is 1.05 bits per heavy atom. The summed E-state index contributed by atoms with van der Waals surface area (Å²) in [5, 5.41) is 14.8. The van der Waals surface area contributed by atoms with E-state index >= 15 is 9.59 Å². The summed E-state index contributed by atoms with van der Waals surface area (Å²) >= 11 is 12.6. The van der Waals surface area contributed by atoms with Crippen molar-refractivity contribution in [2.24, 2.45) is 17.8 Å². The summed E-state index contributed by atoms with van der Waals surface area (Å²) < 4.78 is 0. The molecule has 2 heterocycles. The molecule has 94 heavy (non-hydrogen) atoms. The van der Waals surface area contributed by atoms with Crippen molar-refractivity contribution in [1.82, 2.24) is 60.9 Å². The summed E-state index contributed by atoms with van der Waals surface area (Å²) in [6.45, 7) is 11.3. The second-order valence-corrected chi connectivity index (χ2v) is 26.7. The number of carbonyl (C=O) groups is 12. The van der Waals surface area contributed by atoms with Gasteiger partial charge in [-0.25, -0.2) is 0 Å². The van der Waals surface area contributed by atoms with Gasteiger partial charge in [-0.1, -0.05) is 126 Å². The Labute approximate surface area is 562 Å². The molecule has 5 rings (SSSR count). The molecule has 26 heteroatoms. The highest BCUT2D eigenvalue weighted by atomic mass is 35.5. The van der Waals surface area contributed by atoms with Crippen LogP contribution in [0.25, 0.3) is 0 Å². The molecule has 0 radical (unpaired) electrons. The van der Waals surface area contributed by atoms with Gasteiger partial charge in [-0.3, -0.25) is 57.5 Å². The van der Waals surface area contributed by atoms with Gasteiger partial charge in [0.15, 0.2) is 0 Å². The number of benzene rings is 3. The number of hydrogen-bond acceptors (Lipinski definition) is 12. The van der Waals surface area contributed by atoms with Crippen LogP contribution in [0.2, 0.25) is 10.0 Å². The molecule has 12 amide bonds. The monoisotopic (exact) mass is 1340 g/mol. The quantitative estimate of drug-likeness (QED) is 0.165. The van der Waals surface area contributed by atoms with E-state index in [4.69, 9.17) is 23.2 Å². The largest absolute Gasteiger partial charge is 0.342 e. The van der Waals surface area contributed by atoms with Crippen molar-refractivity contribution in [2.45, 2.75) is 155 Å². The predicted octanol–water partition coefficient (Wildman–Crippen LogP) is 3.49. The van der Waals surface area contributed by atoms with Crippen LogP contribution in [-0.2, 0) is 76.8 Å². The summed E-state index contributed by atoms with van der Waals surface area (Å²) in [4.78, 5) is 183. The lowest BCUT2D eigenvalue weighted by Crippen LogP contribution is -2.61. The molecule has 24 nitrogen and oxygen atoms in total. The number of likely N-dealkylation sites (N-methyl/N-ethyl adjacent to an activating group) is 6. The Bertz CT molecular complexity index is 3170. The Morgan fingerprint density at radius 1 is 0.500 bits per heavy atom. The number of hydrogen-bond donors (Lipinski definition) is 5. The molecule has 514 valence electrons. The molecule has 1 unspecified atom stereocenters. The van der Waals surface area contributed by atoms with E-state index in [9.17, 15) is 47.9 Å². The number of amides is 12. The molecule has 0 bridgehead atoms. The van der Waals surface area contributed by atoms with Gasteiger partial charge in [0.2, 0.25) is 70.9 Å². The Morgan fingerprint density at radius 3 is 1.66 bits per heavy atom. The van der Waals surface area contributed by atoms with Gasteiger partial charge in [0.05, 0.1) is 26.1 Å². The van der Waals surface area contributed by atoms with Gasteiger partial charge in [-0.2, -0.15) is 0 Å². The summed E-state index contributed by atoms with van der Waals surface area (Å²) in [5.74, 6) is -9.44. The van der Waals surface area contributed by atoms with E-state index in [2.05, 4.69) is 26.6 Å². The standard InChI is InChI=1S/C68H96Cl2N12O12/c1-14-43(6)60-68(94)78(10)39-58(85)76(8)40-59(86)80(12)55(36-46-25-27-48(69)28-26-46)67(93)77(9)38-56(83)71-51(34-47-23-20-24-49(70)33-47)63(89)73-52(32-42(4)5)65(91)81(13)54(35-45-21-16-15-17-22-45)64(90)72-50(31-41(2)3)62(88)74-53(66(92)82-29-18-19-30-82)37-57(84)79(11)44(7)61(87)75-60/h15-17,20-28,33,41-44,50-55,60H,14,18-19,29-32,34-40H2,1-13H3,(H,71,83)(H,72,90)(H,73,89)(H,74,88)(H,75,87)/t43-,44-,50-,51-,52-,53?,54-,55-,60-/m0/s1. The average Bonchev–Trinajstić information content (AvgIpc) is 1.07. The number of rotatable bonds is 13. The van der Waals surface area contributed by atoms with E-state index in [1.807, 2.05) is 34.6 Å². The zero-order chi connectivity index (χ0) is 69.8. The van der Waals surface area contributed by atoms with Crippen LogP contribution < -0.4 is 26.6 Å². The van der Waals surface area contributed by atoms with Crippen molar-refractivity contribution in [3.63, 3.8) is 0 Å².